The summed E-state index contributed by atoms with van der Waals surface area (Å²) in [5.41, 5.74) is 1.94. The molecule has 6 heteroatoms. The van der Waals surface area contributed by atoms with E-state index in [1.165, 1.54) is 4.90 Å². The van der Waals surface area contributed by atoms with E-state index in [0.717, 1.165) is 11.0 Å². The molecule has 1 aromatic heterocycles. The van der Waals surface area contributed by atoms with Gasteiger partial charge in [-0.05, 0) is 18.2 Å². The van der Waals surface area contributed by atoms with Crippen LogP contribution in [-0.4, -0.2) is 33.9 Å². The number of hydrogen-bond acceptors (Lipinski definition) is 4. The van der Waals surface area contributed by atoms with Crippen molar-refractivity contribution >= 4 is 16.9 Å². The molecule has 1 heterocycles. The summed E-state index contributed by atoms with van der Waals surface area (Å²) in [6, 6.07) is 8.75. The van der Waals surface area contributed by atoms with Crippen molar-refractivity contribution in [2.24, 2.45) is 0 Å². The highest BCUT2D eigenvalue weighted by atomic mass is 16.2. The van der Waals surface area contributed by atoms with E-state index in [1.807, 2.05) is 12.1 Å². The average molecular weight is 239 g/mol. The molecule has 1 N–H and O–H groups in total. The Morgan fingerprint density at radius 1 is 1.33 bits per heavy atom. The van der Waals surface area contributed by atoms with E-state index in [-0.39, 0.29) is 19.0 Å². The molecule has 88 valence electrons. The van der Waals surface area contributed by atoms with Gasteiger partial charge in [0.15, 0.2) is 0 Å². The molecule has 0 fully saturated rings. The smallest absolute Gasteiger partial charge is 0.255 e. The zero-order valence-corrected chi connectivity index (χ0v) is 9.42. The van der Waals surface area contributed by atoms with Gasteiger partial charge in [0, 0.05) is 5.56 Å². The van der Waals surface area contributed by atoms with Crippen LogP contribution in [0.25, 0.3) is 11.0 Å². The largest absolute Gasteiger partial charge is 0.345 e. The number of amides is 1. The van der Waals surface area contributed by atoms with Crippen LogP contribution in [0, 0.1) is 22.7 Å². The number of aromatic amines is 1. The Hall–Kier alpha value is -2.86. The van der Waals surface area contributed by atoms with Crippen molar-refractivity contribution in [1.82, 2.24) is 14.9 Å². The van der Waals surface area contributed by atoms with E-state index in [2.05, 4.69) is 9.97 Å². The molecular formula is C12H9N5O. The normalized spacial score (nSPS) is 9.67. The highest BCUT2D eigenvalue weighted by Gasteiger charge is 2.15. The van der Waals surface area contributed by atoms with Crippen LogP contribution in [0.5, 0.6) is 0 Å². The second-order valence-electron chi connectivity index (χ2n) is 3.61. The number of H-pyrrole nitrogens is 1. The maximum Gasteiger partial charge on any atom is 0.255 e. The molecule has 1 amide bonds. The maximum absolute atomic E-state index is 12.1. The molecule has 0 bridgehead atoms. The lowest BCUT2D eigenvalue weighted by atomic mass is 10.1. The Balaban J connectivity index is 2.31. The molecule has 0 spiro atoms. The van der Waals surface area contributed by atoms with Gasteiger partial charge in [-0.25, -0.2) is 4.98 Å². The van der Waals surface area contributed by atoms with Crippen LogP contribution in [0.4, 0.5) is 0 Å². The molecule has 0 aliphatic heterocycles. The van der Waals surface area contributed by atoms with Gasteiger partial charge in [-0.15, -0.1) is 0 Å². The Morgan fingerprint density at radius 3 is 2.72 bits per heavy atom. The van der Waals surface area contributed by atoms with Gasteiger partial charge in [0.05, 0.1) is 29.5 Å². The number of nitriles is 2. The lowest BCUT2D eigenvalue weighted by Gasteiger charge is -2.15. The molecule has 2 aromatic rings. The minimum absolute atomic E-state index is 0.104. The predicted octanol–water partition coefficient (Wildman–Crippen LogP) is 1.05. The fraction of sp³-hybridized carbons (Fsp3) is 0.167. The second kappa shape index (κ2) is 4.98. The number of rotatable bonds is 3. The van der Waals surface area contributed by atoms with Crippen molar-refractivity contribution in [2.75, 3.05) is 13.1 Å². The summed E-state index contributed by atoms with van der Waals surface area (Å²) in [5.74, 6) is -0.338. The summed E-state index contributed by atoms with van der Waals surface area (Å²) in [7, 11) is 0. The summed E-state index contributed by atoms with van der Waals surface area (Å²) in [4.78, 5) is 20.2. The molecule has 0 radical (unpaired) electrons. The van der Waals surface area contributed by atoms with Crippen LogP contribution < -0.4 is 0 Å². The molecule has 0 unspecified atom stereocenters. The van der Waals surface area contributed by atoms with Gasteiger partial charge in [-0.3, -0.25) is 4.79 Å². The van der Waals surface area contributed by atoms with E-state index < -0.39 is 0 Å². The number of nitrogens with one attached hydrogen (secondary N) is 1. The van der Waals surface area contributed by atoms with E-state index in [4.69, 9.17) is 10.5 Å². The maximum atomic E-state index is 12.1. The second-order valence-corrected chi connectivity index (χ2v) is 3.61. The molecule has 2 rings (SSSR count). The van der Waals surface area contributed by atoms with E-state index >= 15 is 0 Å². The molecule has 0 aliphatic rings. The Bertz CT molecular complexity index is 645. The number of hydrogen-bond donors (Lipinski definition) is 1. The molecular weight excluding hydrogens is 230 g/mol. The first kappa shape index (κ1) is 11.6. The van der Waals surface area contributed by atoms with Crippen molar-refractivity contribution in [2.45, 2.75) is 0 Å². The van der Waals surface area contributed by atoms with Crippen LogP contribution in [-0.2, 0) is 0 Å². The number of nitrogens with zero attached hydrogens (tertiary/aromatic N) is 4. The van der Waals surface area contributed by atoms with Crippen molar-refractivity contribution in [3.05, 3.63) is 30.1 Å². The quantitative estimate of drug-likeness (QED) is 0.809. The summed E-state index contributed by atoms with van der Waals surface area (Å²) in [5, 5.41) is 17.3. The third-order valence-corrected chi connectivity index (χ3v) is 2.48. The van der Waals surface area contributed by atoms with E-state index in [1.54, 1.807) is 24.5 Å². The third kappa shape index (κ3) is 2.13. The van der Waals surface area contributed by atoms with Crippen molar-refractivity contribution in [3.8, 4) is 12.1 Å². The standard InChI is InChI=1S/C12H9N5O/c13-3-5-17(6-4-14)12(18)9-1-2-10-11(7-9)16-8-15-10/h1-2,7-8H,5-6H2,(H,15,16). The first-order valence-corrected chi connectivity index (χ1v) is 5.22. The van der Waals surface area contributed by atoms with Crippen LogP contribution in [0.3, 0.4) is 0 Å². The lowest BCUT2D eigenvalue weighted by Crippen LogP contribution is -2.31. The Morgan fingerprint density at radius 2 is 2.06 bits per heavy atom. The minimum atomic E-state index is -0.338. The van der Waals surface area contributed by atoms with Crippen LogP contribution in [0.1, 0.15) is 10.4 Å². The molecule has 0 saturated heterocycles. The Kier molecular flexibility index (Phi) is 3.22. The molecule has 0 saturated carbocycles. The number of aromatic nitrogens is 2. The average Bonchev–Trinajstić information content (AvgIpc) is 2.84. The number of carbonyl (C=O) groups is 1. The molecule has 1 aromatic carbocycles. The third-order valence-electron chi connectivity index (χ3n) is 2.48. The topological polar surface area (TPSA) is 96.6 Å². The number of carbonyl (C=O) groups excluding carboxylic acids is 1. The lowest BCUT2D eigenvalue weighted by molar-refractivity contribution is 0.0795. The minimum Gasteiger partial charge on any atom is -0.345 e. The van der Waals surface area contributed by atoms with Crippen molar-refractivity contribution < 1.29 is 4.79 Å². The number of imidazole rings is 1. The van der Waals surface area contributed by atoms with Gasteiger partial charge >= 0.3 is 0 Å². The molecule has 0 aliphatic carbocycles. The van der Waals surface area contributed by atoms with Gasteiger partial charge in [0.1, 0.15) is 13.1 Å². The van der Waals surface area contributed by atoms with Gasteiger partial charge in [-0.1, -0.05) is 0 Å². The highest BCUT2D eigenvalue weighted by Crippen LogP contribution is 2.13. The van der Waals surface area contributed by atoms with E-state index in [0.29, 0.717) is 5.56 Å². The Labute approximate surface area is 103 Å². The predicted molar refractivity (Wildman–Crippen MR) is 63.2 cm³/mol. The summed E-state index contributed by atoms with van der Waals surface area (Å²) < 4.78 is 0. The van der Waals surface area contributed by atoms with Crippen molar-refractivity contribution in [3.63, 3.8) is 0 Å². The highest BCUT2D eigenvalue weighted by molar-refractivity contribution is 5.97. The zero-order valence-electron chi connectivity index (χ0n) is 9.42. The zero-order chi connectivity index (χ0) is 13.0. The van der Waals surface area contributed by atoms with Crippen LogP contribution >= 0.6 is 0 Å². The monoisotopic (exact) mass is 239 g/mol. The fourth-order valence-electron chi connectivity index (χ4n) is 1.62. The summed E-state index contributed by atoms with van der Waals surface area (Å²) in [6.45, 7) is -0.208. The van der Waals surface area contributed by atoms with Crippen LogP contribution in [0.15, 0.2) is 24.5 Å². The SMILES string of the molecule is N#CCN(CC#N)C(=O)c1ccc2nc[nH]c2c1. The van der Waals surface area contributed by atoms with E-state index in [9.17, 15) is 4.79 Å². The molecule has 6 nitrogen and oxygen atoms in total. The van der Waals surface area contributed by atoms with Crippen molar-refractivity contribution in [1.29, 1.82) is 10.5 Å². The van der Waals surface area contributed by atoms with Gasteiger partial charge < -0.3 is 9.88 Å². The number of fused-ring (bicyclic) bond motifs is 1. The van der Waals surface area contributed by atoms with Gasteiger partial charge in [0.25, 0.3) is 5.91 Å². The van der Waals surface area contributed by atoms with Gasteiger partial charge in [0.2, 0.25) is 0 Å². The summed E-state index contributed by atoms with van der Waals surface area (Å²) >= 11 is 0. The first-order chi connectivity index (χ1) is 8.76. The summed E-state index contributed by atoms with van der Waals surface area (Å²) in [6.07, 6.45) is 1.54. The first-order valence-electron chi connectivity index (χ1n) is 5.22. The molecule has 18 heavy (non-hydrogen) atoms. The molecule has 0 atom stereocenters. The number of benzene rings is 1. The fourth-order valence-corrected chi connectivity index (χ4v) is 1.62. The van der Waals surface area contributed by atoms with Crippen LogP contribution in [0.2, 0.25) is 0 Å². The van der Waals surface area contributed by atoms with Gasteiger partial charge in [-0.2, -0.15) is 10.5 Å².